The van der Waals surface area contributed by atoms with Gasteiger partial charge < -0.3 is 15.2 Å². The van der Waals surface area contributed by atoms with Crippen LogP contribution in [0.25, 0.3) is 0 Å². The predicted molar refractivity (Wildman–Crippen MR) is 77.5 cm³/mol. The number of carbonyl (C=O) groups is 1. The average molecular weight is 289 g/mol. The number of halogens is 1. The number of rotatable bonds is 6. The second-order valence-corrected chi connectivity index (χ2v) is 4.42. The van der Waals surface area contributed by atoms with E-state index in [9.17, 15) is 14.3 Å². The van der Waals surface area contributed by atoms with E-state index in [0.717, 1.165) is 0 Å². The van der Waals surface area contributed by atoms with Crippen molar-refractivity contribution in [3.63, 3.8) is 0 Å². The van der Waals surface area contributed by atoms with Crippen LogP contribution in [0.2, 0.25) is 0 Å². The largest absolute Gasteiger partial charge is 0.493 e. The molecule has 5 heteroatoms. The summed E-state index contributed by atoms with van der Waals surface area (Å²) in [6, 6.07) is 12.7. The molecule has 2 aromatic carbocycles. The zero-order valence-corrected chi connectivity index (χ0v) is 11.4. The highest BCUT2D eigenvalue weighted by Crippen LogP contribution is 2.15. The van der Waals surface area contributed by atoms with E-state index in [1.165, 1.54) is 24.3 Å². The van der Waals surface area contributed by atoms with Crippen LogP contribution in [0.4, 0.5) is 10.1 Å². The maximum Gasteiger partial charge on any atom is 0.227 e. The summed E-state index contributed by atoms with van der Waals surface area (Å²) < 4.78 is 18.1. The molecular weight excluding hydrogens is 273 g/mol. The molecule has 0 aliphatic rings. The van der Waals surface area contributed by atoms with Crippen LogP contribution in [0.3, 0.4) is 0 Å². The molecule has 0 heterocycles. The topological polar surface area (TPSA) is 58.6 Å². The minimum atomic E-state index is -0.333. The third-order valence-corrected chi connectivity index (χ3v) is 2.87. The Balaban J connectivity index is 1.81. The van der Waals surface area contributed by atoms with Crippen molar-refractivity contribution in [3.05, 3.63) is 59.9 Å². The molecule has 0 spiro atoms. The number of amides is 1. The zero-order chi connectivity index (χ0) is 15.1. The molecule has 0 fully saturated rings. The van der Waals surface area contributed by atoms with Crippen LogP contribution in [-0.2, 0) is 11.4 Å². The zero-order valence-electron chi connectivity index (χ0n) is 11.4. The second-order valence-electron chi connectivity index (χ2n) is 4.42. The fourth-order valence-electron chi connectivity index (χ4n) is 1.79. The van der Waals surface area contributed by atoms with Crippen LogP contribution < -0.4 is 10.1 Å². The van der Waals surface area contributed by atoms with Gasteiger partial charge in [-0.25, -0.2) is 4.39 Å². The van der Waals surface area contributed by atoms with Crippen molar-refractivity contribution in [1.29, 1.82) is 0 Å². The molecule has 0 unspecified atom stereocenters. The van der Waals surface area contributed by atoms with E-state index < -0.39 is 0 Å². The molecule has 4 nitrogen and oxygen atoms in total. The van der Waals surface area contributed by atoms with Gasteiger partial charge in [0.05, 0.1) is 19.6 Å². The SMILES string of the molecule is O=C(CCOc1ccc(F)cc1)Nc1ccccc1CO. The van der Waals surface area contributed by atoms with Crippen molar-refractivity contribution < 1.29 is 19.0 Å². The van der Waals surface area contributed by atoms with Crippen LogP contribution in [-0.4, -0.2) is 17.6 Å². The molecule has 0 aliphatic carbocycles. The summed E-state index contributed by atoms with van der Waals surface area (Å²) in [6.45, 7) is 0.0568. The number of para-hydroxylation sites is 1. The predicted octanol–water partition coefficient (Wildman–Crippen LogP) is 2.73. The number of anilines is 1. The summed E-state index contributed by atoms with van der Waals surface area (Å²) >= 11 is 0. The lowest BCUT2D eigenvalue weighted by molar-refractivity contribution is -0.116. The van der Waals surface area contributed by atoms with E-state index in [1.807, 2.05) is 0 Å². The first-order valence-corrected chi connectivity index (χ1v) is 6.56. The molecule has 0 bridgehead atoms. The number of hydrogen-bond acceptors (Lipinski definition) is 3. The van der Waals surface area contributed by atoms with Gasteiger partial charge in [0.15, 0.2) is 0 Å². The van der Waals surface area contributed by atoms with Gasteiger partial charge in [0, 0.05) is 11.3 Å². The van der Waals surface area contributed by atoms with Crippen molar-refractivity contribution in [1.82, 2.24) is 0 Å². The lowest BCUT2D eigenvalue weighted by Crippen LogP contribution is -2.16. The van der Waals surface area contributed by atoms with Crippen molar-refractivity contribution in [2.75, 3.05) is 11.9 Å². The van der Waals surface area contributed by atoms with Crippen LogP contribution in [0.1, 0.15) is 12.0 Å². The molecule has 0 aromatic heterocycles. The van der Waals surface area contributed by atoms with Gasteiger partial charge in [-0.1, -0.05) is 18.2 Å². The lowest BCUT2D eigenvalue weighted by Gasteiger charge is -2.10. The molecule has 110 valence electrons. The first-order valence-electron chi connectivity index (χ1n) is 6.56. The number of aliphatic hydroxyl groups is 1. The van der Waals surface area contributed by atoms with E-state index >= 15 is 0 Å². The summed E-state index contributed by atoms with van der Waals surface area (Å²) in [6.07, 6.45) is 0.164. The van der Waals surface area contributed by atoms with E-state index in [-0.39, 0.29) is 31.4 Å². The molecule has 0 saturated carbocycles. The Morgan fingerprint density at radius 1 is 1.14 bits per heavy atom. The van der Waals surface area contributed by atoms with Crippen LogP contribution in [0.15, 0.2) is 48.5 Å². The van der Waals surface area contributed by atoms with Gasteiger partial charge in [-0.2, -0.15) is 0 Å². The van der Waals surface area contributed by atoms with Gasteiger partial charge in [0.25, 0.3) is 0 Å². The molecule has 0 saturated heterocycles. The van der Waals surface area contributed by atoms with Gasteiger partial charge in [-0.15, -0.1) is 0 Å². The maximum absolute atomic E-state index is 12.7. The average Bonchev–Trinajstić information content (AvgIpc) is 2.50. The van der Waals surface area contributed by atoms with Crippen LogP contribution in [0.5, 0.6) is 5.75 Å². The van der Waals surface area contributed by atoms with Crippen molar-refractivity contribution in [3.8, 4) is 5.75 Å². The molecule has 2 N–H and O–H groups in total. The number of benzene rings is 2. The fraction of sp³-hybridized carbons (Fsp3) is 0.188. The third-order valence-electron chi connectivity index (χ3n) is 2.87. The normalized spacial score (nSPS) is 10.2. The highest BCUT2D eigenvalue weighted by atomic mass is 19.1. The number of carbonyl (C=O) groups excluding carboxylic acids is 1. The van der Waals surface area contributed by atoms with Gasteiger partial charge in [0.1, 0.15) is 11.6 Å². The molecule has 2 rings (SSSR count). The smallest absolute Gasteiger partial charge is 0.227 e. The Hall–Kier alpha value is -2.40. The van der Waals surface area contributed by atoms with E-state index in [1.54, 1.807) is 24.3 Å². The van der Waals surface area contributed by atoms with Gasteiger partial charge in [-0.05, 0) is 30.3 Å². The molecule has 0 radical (unpaired) electrons. The van der Waals surface area contributed by atoms with Crippen molar-refractivity contribution in [2.24, 2.45) is 0 Å². The Labute approximate surface area is 122 Å². The Morgan fingerprint density at radius 3 is 2.57 bits per heavy atom. The standard InChI is InChI=1S/C16H16FNO3/c17-13-5-7-14(8-6-13)21-10-9-16(20)18-15-4-2-1-3-12(15)11-19/h1-8,19H,9-11H2,(H,18,20). The van der Waals surface area contributed by atoms with Crippen LogP contribution >= 0.6 is 0 Å². The number of hydrogen-bond donors (Lipinski definition) is 2. The molecule has 0 aliphatic heterocycles. The van der Waals surface area contributed by atoms with E-state index in [2.05, 4.69) is 5.32 Å². The van der Waals surface area contributed by atoms with Gasteiger partial charge in [-0.3, -0.25) is 4.79 Å². The Bertz CT molecular complexity index is 599. The third kappa shape index (κ3) is 4.57. The number of aliphatic hydroxyl groups excluding tert-OH is 1. The first kappa shape index (κ1) is 15.0. The van der Waals surface area contributed by atoms with E-state index in [0.29, 0.717) is 17.0 Å². The second kappa shape index (κ2) is 7.40. The highest BCUT2D eigenvalue weighted by molar-refractivity contribution is 5.91. The minimum absolute atomic E-state index is 0.136. The summed E-state index contributed by atoms with van der Waals surface area (Å²) in [5.74, 6) is -0.0290. The molecular formula is C16H16FNO3. The van der Waals surface area contributed by atoms with Gasteiger partial charge in [0.2, 0.25) is 5.91 Å². The summed E-state index contributed by atoms with van der Waals surface area (Å²) in [7, 11) is 0. The summed E-state index contributed by atoms with van der Waals surface area (Å²) in [5, 5.41) is 11.9. The monoisotopic (exact) mass is 289 g/mol. The lowest BCUT2D eigenvalue weighted by atomic mass is 10.2. The Kier molecular flexibility index (Phi) is 5.29. The molecule has 21 heavy (non-hydrogen) atoms. The van der Waals surface area contributed by atoms with Crippen molar-refractivity contribution >= 4 is 11.6 Å². The Morgan fingerprint density at radius 2 is 1.86 bits per heavy atom. The molecule has 2 aromatic rings. The van der Waals surface area contributed by atoms with Gasteiger partial charge >= 0.3 is 0 Å². The summed E-state index contributed by atoms with van der Waals surface area (Å²) in [4.78, 5) is 11.8. The van der Waals surface area contributed by atoms with Crippen LogP contribution in [0, 0.1) is 5.82 Å². The highest BCUT2D eigenvalue weighted by Gasteiger charge is 2.06. The molecule has 0 atom stereocenters. The molecule has 1 amide bonds. The van der Waals surface area contributed by atoms with E-state index in [4.69, 9.17) is 4.74 Å². The number of nitrogens with one attached hydrogen (secondary N) is 1. The first-order chi connectivity index (χ1) is 10.2. The van der Waals surface area contributed by atoms with Crippen molar-refractivity contribution in [2.45, 2.75) is 13.0 Å². The quantitative estimate of drug-likeness (QED) is 0.859. The minimum Gasteiger partial charge on any atom is -0.493 e. The fourth-order valence-corrected chi connectivity index (χ4v) is 1.79. The summed E-state index contributed by atoms with van der Waals surface area (Å²) in [5.41, 5.74) is 1.25. The maximum atomic E-state index is 12.7. The number of ether oxygens (including phenoxy) is 1.